The lowest BCUT2D eigenvalue weighted by atomic mass is 10.0. The molecule has 2 aromatic heterocycles. The molecule has 0 N–H and O–H groups in total. The average Bonchev–Trinajstić information content (AvgIpc) is 3.28. The summed E-state index contributed by atoms with van der Waals surface area (Å²) in [5.41, 5.74) is 1.86. The Balaban J connectivity index is 1.51. The fourth-order valence-corrected chi connectivity index (χ4v) is 4.61. The molecule has 8 heteroatoms. The van der Waals surface area contributed by atoms with Gasteiger partial charge in [0, 0.05) is 37.7 Å². The van der Waals surface area contributed by atoms with Crippen LogP contribution in [0.3, 0.4) is 0 Å². The maximum atomic E-state index is 12.4. The van der Waals surface area contributed by atoms with E-state index in [9.17, 15) is 4.79 Å². The molecule has 2 fully saturated rings. The second kappa shape index (κ2) is 8.86. The minimum atomic E-state index is 0.0364. The third kappa shape index (κ3) is 3.95. The molecule has 3 aromatic rings. The van der Waals surface area contributed by atoms with E-state index in [1.54, 1.807) is 0 Å². The lowest BCUT2D eigenvalue weighted by Gasteiger charge is -2.33. The second-order valence-corrected chi connectivity index (χ2v) is 8.87. The molecule has 2 aliphatic rings. The highest BCUT2D eigenvalue weighted by atomic mass is 16.5. The Kier molecular flexibility index (Phi) is 5.78. The Hall–Kier alpha value is -3.00. The number of piperidine rings is 1. The van der Waals surface area contributed by atoms with E-state index < -0.39 is 0 Å². The highest BCUT2D eigenvalue weighted by molar-refractivity contribution is 5.89. The summed E-state index contributed by atoms with van der Waals surface area (Å²) in [5, 5.41) is 5.75. The summed E-state index contributed by atoms with van der Waals surface area (Å²) in [6.45, 7) is 8.45. The van der Waals surface area contributed by atoms with Crippen molar-refractivity contribution in [3.05, 3.63) is 36.5 Å². The van der Waals surface area contributed by atoms with Gasteiger partial charge in [-0.05, 0) is 12.8 Å². The number of rotatable bonds is 4. The van der Waals surface area contributed by atoms with Crippen LogP contribution in [0.4, 0.5) is 5.82 Å². The summed E-state index contributed by atoms with van der Waals surface area (Å²) in [4.78, 5) is 26.6. The fourth-order valence-electron chi connectivity index (χ4n) is 4.61. The lowest BCUT2D eigenvalue weighted by Crippen LogP contribution is -2.41. The molecule has 1 amide bonds. The second-order valence-electron chi connectivity index (χ2n) is 8.87. The van der Waals surface area contributed by atoms with Crippen molar-refractivity contribution in [2.24, 2.45) is 5.92 Å². The van der Waals surface area contributed by atoms with Crippen LogP contribution in [0.15, 0.2) is 36.5 Å². The number of hydrogen-bond donors (Lipinski definition) is 0. The van der Waals surface area contributed by atoms with Crippen LogP contribution in [0.2, 0.25) is 0 Å². The van der Waals surface area contributed by atoms with Gasteiger partial charge < -0.3 is 14.5 Å². The van der Waals surface area contributed by atoms with Gasteiger partial charge in [0.1, 0.15) is 5.82 Å². The largest absolute Gasteiger partial charge is 0.378 e. The van der Waals surface area contributed by atoms with Crippen LogP contribution < -0.4 is 4.90 Å². The average molecular weight is 435 g/mol. The summed E-state index contributed by atoms with van der Waals surface area (Å²) >= 11 is 0. The van der Waals surface area contributed by atoms with Crippen LogP contribution in [0.5, 0.6) is 0 Å². The summed E-state index contributed by atoms with van der Waals surface area (Å²) in [5.74, 6) is 1.91. The quantitative estimate of drug-likeness (QED) is 0.628. The molecule has 0 spiro atoms. The van der Waals surface area contributed by atoms with Crippen molar-refractivity contribution in [1.29, 1.82) is 0 Å². The summed E-state index contributed by atoms with van der Waals surface area (Å²) < 4.78 is 7.62. The van der Waals surface area contributed by atoms with Gasteiger partial charge in [0.05, 0.1) is 30.8 Å². The van der Waals surface area contributed by atoms with Crippen LogP contribution in [0.25, 0.3) is 22.4 Å². The summed E-state index contributed by atoms with van der Waals surface area (Å²) in [6, 6.07) is 10.3. The first-order chi connectivity index (χ1) is 15.6. The van der Waals surface area contributed by atoms with Crippen molar-refractivity contribution in [2.45, 2.75) is 32.7 Å². The molecular weight excluding hydrogens is 404 g/mol. The van der Waals surface area contributed by atoms with E-state index >= 15 is 0 Å². The van der Waals surface area contributed by atoms with Crippen molar-refractivity contribution < 1.29 is 9.53 Å². The predicted octanol–water partition coefficient (Wildman–Crippen LogP) is 3.15. The molecule has 0 aliphatic carbocycles. The smallest absolute Gasteiger partial charge is 0.225 e. The van der Waals surface area contributed by atoms with E-state index in [2.05, 4.69) is 9.58 Å². The van der Waals surface area contributed by atoms with Crippen LogP contribution in [0.1, 0.15) is 32.7 Å². The van der Waals surface area contributed by atoms with Crippen LogP contribution in [-0.4, -0.2) is 69.9 Å². The monoisotopic (exact) mass is 434 g/mol. The molecule has 4 heterocycles. The minimum absolute atomic E-state index is 0.0364. The van der Waals surface area contributed by atoms with E-state index in [0.29, 0.717) is 19.0 Å². The van der Waals surface area contributed by atoms with Gasteiger partial charge in [-0.15, -0.1) is 0 Å². The molecule has 0 bridgehead atoms. The third-order valence-corrected chi connectivity index (χ3v) is 6.39. The Morgan fingerprint density at radius 2 is 1.75 bits per heavy atom. The number of carbonyl (C=O) groups excluding carboxylic acids is 1. The van der Waals surface area contributed by atoms with E-state index in [-0.39, 0.29) is 17.9 Å². The van der Waals surface area contributed by atoms with Gasteiger partial charge in [0.2, 0.25) is 5.91 Å². The molecule has 8 nitrogen and oxygen atoms in total. The number of likely N-dealkylation sites (tertiary alicyclic amines) is 1. The Bertz CT molecular complexity index is 1080. The SMILES string of the molecule is CC(C)C(=O)N1CCC(n2ncc3c(N4CCOCC4)nc(-c4ccccc4)nc32)CC1. The van der Waals surface area contributed by atoms with Crippen molar-refractivity contribution in [3.63, 3.8) is 0 Å². The lowest BCUT2D eigenvalue weighted by molar-refractivity contribution is -0.135. The molecule has 5 rings (SSSR count). The number of aromatic nitrogens is 4. The molecule has 0 atom stereocenters. The number of anilines is 1. The number of fused-ring (bicyclic) bond motifs is 1. The molecule has 0 saturated carbocycles. The van der Waals surface area contributed by atoms with Gasteiger partial charge in [0.25, 0.3) is 0 Å². The molecule has 168 valence electrons. The number of morpholine rings is 1. The molecular formula is C24H30N6O2. The summed E-state index contributed by atoms with van der Waals surface area (Å²) in [6.07, 6.45) is 3.67. The number of carbonyl (C=O) groups is 1. The van der Waals surface area contributed by atoms with Crippen molar-refractivity contribution in [2.75, 3.05) is 44.3 Å². The highest BCUT2D eigenvalue weighted by Crippen LogP contribution is 2.32. The molecule has 32 heavy (non-hydrogen) atoms. The molecule has 0 radical (unpaired) electrons. The van der Waals surface area contributed by atoms with Crippen molar-refractivity contribution >= 4 is 22.8 Å². The number of ether oxygens (including phenoxy) is 1. The zero-order valence-electron chi connectivity index (χ0n) is 18.8. The molecule has 2 saturated heterocycles. The third-order valence-electron chi connectivity index (χ3n) is 6.39. The number of amides is 1. The van der Waals surface area contributed by atoms with E-state index in [1.165, 1.54) is 0 Å². The van der Waals surface area contributed by atoms with Crippen molar-refractivity contribution in [3.8, 4) is 11.4 Å². The van der Waals surface area contributed by atoms with E-state index in [1.807, 2.05) is 55.3 Å². The Morgan fingerprint density at radius 3 is 2.44 bits per heavy atom. The van der Waals surface area contributed by atoms with Gasteiger partial charge >= 0.3 is 0 Å². The van der Waals surface area contributed by atoms with Crippen LogP contribution in [0, 0.1) is 5.92 Å². The number of benzene rings is 1. The first-order valence-corrected chi connectivity index (χ1v) is 11.5. The topological polar surface area (TPSA) is 76.4 Å². The van der Waals surface area contributed by atoms with Gasteiger partial charge in [-0.2, -0.15) is 5.10 Å². The minimum Gasteiger partial charge on any atom is -0.378 e. The Morgan fingerprint density at radius 1 is 1.03 bits per heavy atom. The molecule has 1 aromatic carbocycles. The molecule has 0 unspecified atom stereocenters. The van der Waals surface area contributed by atoms with Crippen LogP contribution in [-0.2, 0) is 9.53 Å². The Labute approximate surface area is 188 Å². The van der Waals surface area contributed by atoms with E-state index in [4.69, 9.17) is 19.8 Å². The van der Waals surface area contributed by atoms with Gasteiger partial charge in [-0.25, -0.2) is 14.6 Å². The maximum Gasteiger partial charge on any atom is 0.225 e. The van der Waals surface area contributed by atoms with Crippen molar-refractivity contribution in [1.82, 2.24) is 24.6 Å². The van der Waals surface area contributed by atoms with Gasteiger partial charge in [-0.1, -0.05) is 44.2 Å². The number of nitrogens with zero attached hydrogens (tertiary/aromatic N) is 6. The first kappa shape index (κ1) is 20.9. The van der Waals surface area contributed by atoms with Gasteiger partial charge in [0.15, 0.2) is 11.5 Å². The van der Waals surface area contributed by atoms with E-state index in [0.717, 1.165) is 61.4 Å². The zero-order chi connectivity index (χ0) is 22.1. The van der Waals surface area contributed by atoms with Crippen LogP contribution >= 0.6 is 0 Å². The zero-order valence-corrected chi connectivity index (χ0v) is 18.8. The van der Waals surface area contributed by atoms with Gasteiger partial charge in [-0.3, -0.25) is 4.79 Å². The maximum absolute atomic E-state index is 12.4. The first-order valence-electron chi connectivity index (χ1n) is 11.5. The fraction of sp³-hybridized carbons (Fsp3) is 0.500. The predicted molar refractivity (Wildman–Crippen MR) is 123 cm³/mol. The standard InChI is InChI=1S/C24H30N6O2/c1-17(2)24(31)29-10-8-19(9-11-29)30-23-20(16-25-30)22(28-12-14-32-15-13-28)26-21(27-23)18-6-4-3-5-7-18/h3-7,16-17,19H,8-15H2,1-2H3. The normalized spacial score (nSPS) is 18.0. The summed E-state index contributed by atoms with van der Waals surface area (Å²) in [7, 11) is 0. The molecule has 2 aliphatic heterocycles. The number of hydrogen-bond acceptors (Lipinski definition) is 6. The highest BCUT2D eigenvalue weighted by Gasteiger charge is 2.28.